The molecule has 0 spiro atoms. The Morgan fingerprint density at radius 2 is 1.91 bits per heavy atom. The number of hydrogen-bond acceptors (Lipinski definition) is 5. The van der Waals surface area contributed by atoms with Gasteiger partial charge in [-0.2, -0.15) is 0 Å². The highest BCUT2D eigenvalue weighted by molar-refractivity contribution is 5.85. The van der Waals surface area contributed by atoms with E-state index in [-0.39, 0.29) is 18.4 Å². The van der Waals surface area contributed by atoms with Gasteiger partial charge in [-0.3, -0.25) is 0 Å². The third-order valence-electron chi connectivity index (χ3n) is 4.10. The van der Waals surface area contributed by atoms with Crippen LogP contribution in [0.4, 0.5) is 6.01 Å². The van der Waals surface area contributed by atoms with Gasteiger partial charge in [0.15, 0.2) is 0 Å². The second-order valence-corrected chi connectivity index (χ2v) is 5.89. The van der Waals surface area contributed by atoms with E-state index in [9.17, 15) is 0 Å². The van der Waals surface area contributed by atoms with Crippen molar-refractivity contribution in [3.8, 4) is 0 Å². The van der Waals surface area contributed by atoms with Crippen molar-refractivity contribution >= 4 is 18.4 Å². The molecule has 1 saturated heterocycles. The van der Waals surface area contributed by atoms with Crippen molar-refractivity contribution in [2.24, 2.45) is 11.7 Å². The van der Waals surface area contributed by atoms with Gasteiger partial charge < -0.3 is 15.1 Å². The first-order valence-electron chi connectivity index (χ1n) is 7.60. The Labute approximate surface area is 137 Å². The minimum Gasteiger partial charge on any atom is -0.406 e. The maximum atomic E-state index is 6.18. The molecule has 120 valence electrons. The lowest BCUT2D eigenvalue weighted by atomic mass is 10.00. The third kappa shape index (κ3) is 3.99. The van der Waals surface area contributed by atoms with E-state index in [0.29, 0.717) is 18.3 Å². The number of benzene rings is 1. The van der Waals surface area contributed by atoms with E-state index in [4.69, 9.17) is 10.2 Å². The fraction of sp³-hybridized carbons (Fsp3) is 0.500. The molecule has 1 aromatic heterocycles. The van der Waals surface area contributed by atoms with Crippen LogP contribution in [0.3, 0.4) is 0 Å². The van der Waals surface area contributed by atoms with Crippen molar-refractivity contribution in [1.82, 2.24) is 10.2 Å². The van der Waals surface area contributed by atoms with E-state index in [1.165, 1.54) is 18.4 Å². The second-order valence-electron chi connectivity index (χ2n) is 5.89. The average Bonchev–Trinajstić information content (AvgIpc) is 2.99. The highest BCUT2D eigenvalue weighted by atomic mass is 35.5. The average molecular weight is 323 g/mol. The molecule has 1 aromatic carbocycles. The number of nitrogens with zero attached hydrogens (tertiary/aromatic N) is 3. The minimum absolute atomic E-state index is 0. The van der Waals surface area contributed by atoms with Gasteiger partial charge in [-0.25, -0.2) is 0 Å². The minimum atomic E-state index is -0.252. The van der Waals surface area contributed by atoms with Crippen molar-refractivity contribution in [2.45, 2.75) is 32.2 Å². The Kier molecular flexibility index (Phi) is 5.80. The van der Waals surface area contributed by atoms with E-state index >= 15 is 0 Å². The molecule has 0 amide bonds. The first-order chi connectivity index (χ1) is 10.2. The number of hydrogen-bond donors (Lipinski definition) is 1. The Balaban J connectivity index is 0.00000176. The molecule has 1 aliphatic heterocycles. The van der Waals surface area contributed by atoms with Crippen LogP contribution in [0.1, 0.15) is 37.3 Å². The molecule has 0 aliphatic carbocycles. The van der Waals surface area contributed by atoms with Crippen LogP contribution in [0.25, 0.3) is 0 Å². The lowest BCUT2D eigenvalue weighted by Crippen LogP contribution is -2.32. The normalized spacial score (nSPS) is 17.1. The highest BCUT2D eigenvalue weighted by Crippen LogP contribution is 2.23. The molecule has 2 heterocycles. The predicted octanol–water partition coefficient (Wildman–Crippen LogP) is 2.97. The summed E-state index contributed by atoms with van der Waals surface area (Å²) in [6.45, 7) is 4.25. The highest BCUT2D eigenvalue weighted by Gasteiger charge is 2.22. The number of rotatable bonds is 4. The molecule has 1 fully saturated rings. The Hall–Kier alpha value is -1.59. The van der Waals surface area contributed by atoms with E-state index < -0.39 is 0 Å². The van der Waals surface area contributed by atoms with Crippen molar-refractivity contribution in [3.05, 3.63) is 41.8 Å². The number of aromatic nitrogens is 2. The first kappa shape index (κ1) is 16.8. The summed E-state index contributed by atoms with van der Waals surface area (Å²) < 4.78 is 5.77. The van der Waals surface area contributed by atoms with Crippen LogP contribution in [0.5, 0.6) is 0 Å². The van der Waals surface area contributed by atoms with Gasteiger partial charge in [0.1, 0.15) is 0 Å². The zero-order valence-electron chi connectivity index (χ0n) is 12.8. The first-order valence-corrected chi connectivity index (χ1v) is 7.60. The van der Waals surface area contributed by atoms with Crippen LogP contribution in [-0.4, -0.2) is 23.3 Å². The summed E-state index contributed by atoms with van der Waals surface area (Å²) in [6.07, 6.45) is 3.06. The maximum absolute atomic E-state index is 6.18. The predicted molar refractivity (Wildman–Crippen MR) is 89.2 cm³/mol. The van der Waals surface area contributed by atoms with Crippen LogP contribution < -0.4 is 10.6 Å². The van der Waals surface area contributed by atoms with Gasteiger partial charge in [-0.05, 0) is 30.7 Å². The molecule has 22 heavy (non-hydrogen) atoms. The molecule has 0 unspecified atom stereocenters. The van der Waals surface area contributed by atoms with Gasteiger partial charge in [0.25, 0.3) is 0 Å². The number of halogens is 1. The summed E-state index contributed by atoms with van der Waals surface area (Å²) in [5, 5.41) is 8.28. The van der Waals surface area contributed by atoms with Gasteiger partial charge in [0.05, 0.1) is 6.04 Å². The quantitative estimate of drug-likeness (QED) is 0.937. The number of nitrogens with two attached hydrogens (primary N) is 1. The molecule has 5 nitrogen and oxygen atoms in total. The van der Waals surface area contributed by atoms with Crippen LogP contribution in [0.15, 0.2) is 34.7 Å². The van der Waals surface area contributed by atoms with Crippen LogP contribution in [0, 0.1) is 5.92 Å². The van der Waals surface area contributed by atoms with Crippen LogP contribution in [-0.2, 0) is 6.42 Å². The lowest BCUT2D eigenvalue weighted by Gasteiger charge is -2.28. The number of piperidine rings is 1. The standard InChI is InChI=1S/C16H22N4O.ClH/c1-12-7-9-20(10-8-12)16-19-18-15(21-16)14(17)11-13-5-3-2-4-6-13;/h2-6,12,14H,7-11,17H2,1H3;1H/t14-;/m1./s1. The Morgan fingerprint density at radius 1 is 1.23 bits per heavy atom. The molecule has 2 aromatic rings. The zero-order valence-corrected chi connectivity index (χ0v) is 13.6. The maximum Gasteiger partial charge on any atom is 0.318 e. The molecule has 0 radical (unpaired) electrons. The van der Waals surface area contributed by atoms with Crippen molar-refractivity contribution < 1.29 is 4.42 Å². The molecule has 1 atom stereocenters. The monoisotopic (exact) mass is 322 g/mol. The largest absolute Gasteiger partial charge is 0.406 e. The van der Waals surface area contributed by atoms with E-state index in [0.717, 1.165) is 19.0 Å². The smallest absolute Gasteiger partial charge is 0.318 e. The fourth-order valence-electron chi connectivity index (χ4n) is 2.66. The fourth-order valence-corrected chi connectivity index (χ4v) is 2.66. The molecule has 6 heteroatoms. The number of anilines is 1. The van der Waals surface area contributed by atoms with Gasteiger partial charge >= 0.3 is 6.01 Å². The van der Waals surface area contributed by atoms with Crippen LogP contribution in [0.2, 0.25) is 0 Å². The molecule has 3 rings (SSSR count). The van der Waals surface area contributed by atoms with Gasteiger partial charge in [-0.15, -0.1) is 17.5 Å². The second kappa shape index (κ2) is 7.61. The molecule has 0 bridgehead atoms. The van der Waals surface area contributed by atoms with Crippen molar-refractivity contribution in [2.75, 3.05) is 18.0 Å². The Bertz CT molecular complexity index is 567. The Morgan fingerprint density at radius 3 is 2.59 bits per heavy atom. The van der Waals surface area contributed by atoms with Gasteiger partial charge in [0.2, 0.25) is 5.89 Å². The summed E-state index contributed by atoms with van der Waals surface area (Å²) in [6, 6.07) is 10.5. The summed E-state index contributed by atoms with van der Waals surface area (Å²) in [7, 11) is 0. The van der Waals surface area contributed by atoms with Gasteiger partial charge in [-0.1, -0.05) is 42.4 Å². The topological polar surface area (TPSA) is 68.2 Å². The van der Waals surface area contributed by atoms with E-state index in [1.54, 1.807) is 0 Å². The van der Waals surface area contributed by atoms with E-state index in [2.05, 4.69) is 34.2 Å². The SMILES string of the molecule is CC1CCN(c2nnc([C@H](N)Cc3ccccc3)o2)CC1.Cl. The van der Waals surface area contributed by atoms with Crippen molar-refractivity contribution in [1.29, 1.82) is 0 Å². The van der Waals surface area contributed by atoms with Crippen LogP contribution >= 0.6 is 12.4 Å². The van der Waals surface area contributed by atoms with Gasteiger partial charge in [0, 0.05) is 13.1 Å². The summed E-state index contributed by atoms with van der Waals surface area (Å²) >= 11 is 0. The molecule has 1 aliphatic rings. The zero-order chi connectivity index (χ0) is 14.7. The molecule has 0 saturated carbocycles. The lowest BCUT2D eigenvalue weighted by molar-refractivity contribution is 0.396. The molecule has 2 N–H and O–H groups in total. The summed E-state index contributed by atoms with van der Waals surface area (Å²) in [5.74, 6) is 1.30. The van der Waals surface area contributed by atoms with Crippen molar-refractivity contribution in [3.63, 3.8) is 0 Å². The third-order valence-corrected chi connectivity index (χ3v) is 4.10. The molecular weight excluding hydrogens is 300 g/mol. The molecular formula is C16H23ClN4O. The summed E-state index contributed by atoms with van der Waals surface area (Å²) in [5.41, 5.74) is 7.35. The summed E-state index contributed by atoms with van der Waals surface area (Å²) in [4.78, 5) is 2.16. The van der Waals surface area contributed by atoms with E-state index in [1.807, 2.05) is 18.2 Å².